The topological polar surface area (TPSA) is 119 Å². The first-order valence-electron chi connectivity index (χ1n) is 10.1. The second-order valence-corrected chi connectivity index (χ2v) is 7.04. The van der Waals surface area contributed by atoms with Crippen LogP contribution in [0, 0.1) is 0 Å². The molecule has 10 nitrogen and oxygen atoms in total. The molecule has 0 amide bonds. The highest BCUT2D eigenvalue weighted by atomic mass is 19.4. The van der Waals surface area contributed by atoms with E-state index in [2.05, 4.69) is 35.8 Å². The molecule has 0 unspecified atom stereocenters. The third-order valence-corrected chi connectivity index (χ3v) is 4.81. The van der Waals surface area contributed by atoms with Gasteiger partial charge in [0.25, 0.3) is 0 Å². The van der Waals surface area contributed by atoms with Crippen LogP contribution in [-0.4, -0.2) is 46.5 Å². The van der Waals surface area contributed by atoms with E-state index in [-0.39, 0.29) is 11.9 Å². The van der Waals surface area contributed by atoms with E-state index in [1.165, 1.54) is 33.7 Å². The van der Waals surface area contributed by atoms with E-state index in [1.54, 1.807) is 24.3 Å². The molecule has 0 saturated carbocycles. The molecule has 4 aromatic rings. The Morgan fingerprint density at radius 1 is 0.857 bits per heavy atom. The summed E-state index contributed by atoms with van der Waals surface area (Å²) in [5.74, 6) is 2.01. The van der Waals surface area contributed by atoms with Crippen molar-refractivity contribution >= 4 is 23.4 Å². The lowest BCUT2D eigenvalue weighted by atomic mass is 10.1. The fourth-order valence-corrected chi connectivity index (χ4v) is 3.21. The zero-order valence-corrected chi connectivity index (χ0v) is 18.8. The van der Waals surface area contributed by atoms with Gasteiger partial charge >= 0.3 is 6.18 Å². The molecule has 0 aliphatic rings. The summed E-state index contributed by atoms with van der Waals surface area (Å²) >= 11 is 0. The van der Waals surface area contributed by atoms with E-state index in [0.717, 1.165) is 12.1 Å². The van der Waals surface area contributed by atoms with Gasteiger partial charge in [-0.25, -0.2) is 9.97 Å². The predicted octanol–water partition coefficient (Wildman–Crippen LogP) is 4.79. The second kappa shape index (κ2) is 9.75. The van der Waals surface area contributed by atoms with Crippen LogP contribution in [0.2, 0.25) is 0 Å². The minimum Gasteiger partial charge on any atom is -0.493 e. The number of ether oxygens (including phenoxy) is 3. The molecule has 0 aliphatic carbocycles. The summed E-state index contributed by atoms with van der Waals surface area (Å²) in [6.45, 7) is 0. The molecule has 0 spiro atoms. The number of nitrogens with one attached hydrogen (secondary N) is 3. The molecular formula is C22H20F3N7O3. The van der Waals surface area contributed by atoms with Gasteiger partial charge in [-0.05, 0) is 12.1 Å². The summed E-state index contributed by atoms with van der Waals surface area (Å²) in [5.41, 5.74) is 0.548. The molecule has 2 aromatic heterocycles. The minimum atomic E-state index is -4.44. The van der Waals surface area contributed by atoms with E-state index in [1.807, 2.05) is 0 Å². The highest BCUT2D eigenvalue weighted by Gasteiger charge is 2.30. The molecule has 0 fully saturated rings. The molecule has 182 valence electrons. The van der Waals surface area contributed by atoms with Crippen LogP contribution in [0.4, 0.5) is 36.6 Å². The number of alkyl halides is 3. The number of aromatic amines is 1. The predicted molar refractivity (Wildman–Crippen MR) is 122 cm³/mol. The summed E-state index contributed by atoms with van der Waals surface area (Å²) in [6.07, 6.45) is -3.15. The van der Waals surface area contributed by atoms with Gasteiger partial charge in [-0.1, -0.05) is 12.1 Å². The summed E-state index contributed by atoms with van der Waals surface area (Å²) in [7, 11) is 4.51. The van der Waals surface area contributed by atoms with Gasteiger partial charge in [0.1, 0.15) is 6.33 Å². The maximum absolute atomic E-state index is 13.0. The van der Waals surface area contributed by atoms with Crippen LogP contribution in [0.25, 0.3) is 11.3 Å². The molecule has 4 rings (SSSR count). The van der Waals surface area contributed by atoms with Gasteiger partial charge in [0.15, 0.2) is 17.3 Å². The highest BCUT2D eigenvalue weighted by molar-refractivity contribution is 5.67. The van der Waals surface area contributed by atoms with Crippen molar-refractivity contribution in [3.8, 4) is 28.5 Å². The number of aromatic nitrogens is 5. The Morgan fingerprint density at radius 3 is 2.17 bits per heavy atom. The van der Waals surface area contributed by atoms with E-state index < -0.39 is 11.7 Å². The molecule has 2 heterocycles. The smallest absolute Gasteiger partial charge is 0.416 e. The second-order valence-electron chi connectivity index (χ2n) is 7.04. The van der Waals surface area contributed by atoms with Crippen LogP contribution >= 0.6 is 0 Å². The van der Waals surface area contributed by atoms with Gasteiger partial charge < -0.3 is 24.8 Å². The Bertz CT molecular complexity index is 1300. The lowest BCUT2D eigenvalue weighted by Crippen LogP contribution is -2.04. The molecule has 0 saturated heterocycles. The maximum atomic E-state index is 13.0. The van der Waals surface area contributed by atoms with Gasteiger partial charge in [0, 0.05) is 29.4 Å². The Labute approximate surface area is 197 Å². The molecule has 2 aromatic carbocycles. The minimum absolute atomic E-state index is 0.164. The van der Waals surface area contributed by atoms with Crippen LogP contribution in [0.3, 0.4) is 0 Å². The van der Waals surface area contributed by atoms with E-state index >= 15 is 0 Å². The maximum Gasteiger partial charge on any atom is 0.416 e. The quantitative estimate of drug-likeness (QED) is 0.322. The Hall–Kier alpha value is -4.55. The van der Waals surface area contributed by atoms with Crippen molar-refractivity contribution in [2.45, 2.75) is 6.18 Å². The third kappa shape index (κ3) is 5.34. The lowest BCUT2D eigenvalue weighted by Gasteiger charge is -2.14. The largest absolute Gasteiger partial charge is 0.493 e. The van der Waals surface area contributed by atoms with Gasteiger partial charge in [0.05, 0.1) is 32.6 Å². The number of methoxy groups -OCH3 is 3. The lowest BCUT2D eigenvalue weighted by molar-refractivity contribution is -0.137. The molecule has 0 aliphatic heterocycles. The fraction of sp³-hybridized carbons (Fsp3) is 0.182. The van der Waals surface area contributed by atoms with Crippen molar-refractivity contribution in [3.63, 3.8) is 0 Å². The average Bonchev–Trinajstić information content (AvgIpc) is 3.31. The number of halogens is 3. The number of H-pyrrole nitrogens is 1. The number of nitrogens with zero attached hydrogens (tertiary/aromatic N) is 4. The first-order valence-corrected chi connectivity index (χ1v) is 10.1. The molecule has 13 heteroatoms. The average molecular weight is 487 g/mol. The Balaban J connectivity index is 1.52. The summed E-state index contributed by atoms with van der Waals surface area (Å²) in [4.78, 5) is 12.4. The summed E-state index contributed by atoms with van der Waals surface area (Å²) in [5, 5.41) is 12.7. The van der Waals surface area contributed by atoms with Crippen molar-refractivity contribution in [1.29, 1.82) is 0 Å². The van der Waals surface area contributed by atoms with Crippen LogP contribution < -0.4 is 24.8 Å². The highest BCUT2D eigenvalue weighted by Crippen LogP contribution is 2.40. The molecule has 0 bridgehead atoms. The molecule has 0 radical (unpaired) electrons. The van der Waals surface area contributed by atoms with Crippen LogP contribution in [-0.2, 0) is 6.18 Å². The van der Waals surface area contributed by atoms with E-state index in [4.69, 9.17) is 14.2 Å². The fourth-order valence-electron chi connectivity index (χ4n) is 3.21. The Kier molecular flexibility index (Phi) is 6.57. The first kappa shape index (κ1) is 23.6. The monoisotopic (exact) mass is 487 g/mol. The summed E-state index contributed by atoms with van der Waals surface area (Å²) in [6, 6.07) is 9.85. The number of rotatable bonds is 8. The van der Waals surface area contributed by atoms with E-state index in [0.29, 0.717) is 40.0 Å². The standard InChI is InChI=1S/C22H20F3N7O3/c1-33-16-8-14(9-17(34-2)19(16)35-3)28-20-26-11-27-21(30-20)29-18-10-15(31-32-18)12-5-4-6-13(7-12)22(23,24)25/h4-11H,1-3H3,(H3,26,27,28,29,30,31,32). The number of hydrogen-bond acceptors (Lipinski definition) is 9. The van der Waals surface area contributed by atoms with Crippen molar-refractivity contribution < 1.29 is 27.4 Å². The van der Waals surface area contributed by atoms with Crippen molar-refractivity contribution in [3.05, 3.63) is 54.4 Å². The van der Waals surface area contributed by atoms with Gasteiger partial charge in [-0.2, -0.15) is 23.3 Å². The zero-order valence-electron chi connectivity index (χ0n) is 18.8. The number of benzene rings is 2. The van der Waals surface area contributed by atoms with E-state index in [9.17, 15) is 13.2 Å². The van der Waals surface area contributed by atoms with Crippen molar-refractivity contribution in [2.75, 3.05) is 32.0 Å². The third-order valence-electron chi connectivity index (χ3n) is 4.81. The SMILES string of the molecule is COc1cc(Nc2ncnc(Nc3cc(-c4cccc(C(F)(F)F)c4)[nH]n3)n2)cc(OC)c1OC. The molecular weight excluding hydrogens is 467 g/mol. The van der Waals surface area contributed by atoms with Crippen LogP contribution in [0.15, 0.2) is 48.8 Å². The normalized spacial score (nSPS) is 11.1. The first-order chi connectivity index (χ1) is 16.8. The summed E-state index contributed by atoms with van der Waals surface area (Å²) < 4.78 is 55.0. The van der Waals surface area contributed by atoms with Crippen LogP contribution in [0.1, 0.15) is 5.56 Å². The molecule has 0 atom stereocenters. The molecule has 35 heavy (non-hydrogen) atoms. The van der Waals surface area contributed by atoms with Crippen molar-refractivity contribution in [1.82, 2.24) is 25.1 Å². The number of anilines is 4. The van der Waals surface area contributed by atoms with Gasteiger partial charge in [0.2, 0.25) is 17.6 Å². The molecule has 3 N–H and O–H groups in total. The van der Waals surface area contributed by atoms with Crippen LogP contribution in [0.5, 0.6) is 17.2 Å². The zero-order chi connectivity index (χ0) is 25.0. The number of hydrogen-bond donors (Lipinski definition) is 3. The van der Waals surface area contributed by atoms with Crippen molar-refractivity contribution in [2.24, 2.45) is 0 Å². The Morgan fingerprint density at radius 2 is 1.54 bits per heavy atom. The van der Waals surface area contributed by atoms with Gasteiger partial charge in [-0.15, -0.1) is 0 Å². The van der Waals surface area contributed by atoms with Gasteiger partial charge in [-0.3, -0.25) is 5.10 Å².